The number of furan rings is 1. The summed E-state index contributed by atoms with van der Waals surface area (Å²) in [6.07, 6.45) is 4.68. The van der Waals surface area contributed by atoms with Crippen molar-refractivity contribution in [1.82, 2.24) is 4.31 Å². The standard InChI is InChI=1S/C23H24N2O4S/c1-17-7-11-22(12-8-17)30(27,28)25(15-21-6-3-13-29-21)16-23(26)24-20-10-9-18-4-2-5-19(18)14-20/h3,6-14H,2,4-5,15-16H2,1H3,(H,24,26). The maximum atomic E-state index is 13.2. The Hall–Kier alpha value is -2.90. The highest BCUT2D eigenvalue weighted by Gasteiger charge is 2.28. The van der Waals surface area contributed by atoms with Crippen molar-refractivity contribution in [3.63, 3.8) is 0 Å². The summed E-state index contributed by atoms with van der Waals surface area (Å²) in [4.78, 5) is 12.9. The number of fused-ring (bicyclic) bond motifs is 1. The van der Waals surface area contributed by atoms with E-state index >= 15 is 0 Å². The molecular weight excluding hydrogens is 400 g/mol. The van der Waals surface area contributed by atoms with Crippen LogP contribution in [-0.4, -0.2) is 25.2 Å². The molecule has 1 aliphatic rings. The summed E-state index contributed by atoms with van der Waals surface area (Å²) in [6.45, 7) is 1.55. The number of nitrogens with one attached hydrogen (secondary N) is 1. The summed E-state index contributed by atoms with van der Waals surface area (Å²) in [5.74, 6) is 0.0752. The molecule has 1 aliphatic carbocycles. The Kier molecular flexibility index (Phi) is 5.74. The molecule has 7 heteroatoms. The molecule has 0 unspecified atom stereocenters. The van der Waals surface area contributed by atoms with Gasteiger partial charge in [-0.1, -0.05) is 23.8 Å². The molecule has 2 aromatic carbocycles. The minimum Gasteiger partial charge on any atom is -0.468 e. The van der Waals surface area contributed by atoms with Crippen LogP contribution in [0.15, 0.2) is 70.2 Å². The molecule has 0 radical (unpaired) electrons. The van der Waals surface area contributed by atoms with Gasteiger partial charge in [0.05, 0.1) is 24.2 Å². The summed E-state index contributed by atoms with van der Waals surface area (Å²) < 4.78 is 32.9. The molecule has 1 amide bonds. The molecule has 1 heterocycles. The molecule has 0 aliphatic heterocycles. The van der Waals surface area contributed by atoms with E-state index in [-0.39, 0.29) is 18.0 Å². The number of sulfonamides is 1. The van der Waals surface area contributed by atoms with Gasteiger partial charge in [0.25, 0.3) is 0 Å². The van der Waals surface area contributed by atoms with Gasteiger partial charge in [-0.2, -0.15) is 4.31 Å². The molecule has 0 bridgehead atoms. The van der Waals surface area contributed by atoms with E-state index in [1.165, 1.54) is 17.4 Å². The number of hydrogen-bond donors (Lipinski definition) is 1. The predicted octanol–water partition coefficient (Wildman–Crippen LogP) is 3.91. The van der Waals surface area contributed by atoms with Crippen LogP contribution in [0.2, 0.25) is 0 Å². The Morgan fingerprint density at radius 1 is 1.07 bits per heavy atom. The highest BCUT2D eigenvalue weighted by Crippen LogP contribution is 2.25. The lowest BCUT2D eigenvalue weighted by atomic mass is 10.1. The summed E-state index contributed by atoms with van der Waals surface area (Å²) >= 11 is 0. The molecular formula is C23H24N2O4S. The minimum absolute atomic E-state index is 0.0270. The number of nitrogens with zero attached hydrogens (tertiary/aromatic N) is 1. The average molecular weight is 425 g/mol. The maximum Gasteiger partial charge on any atom is 0.243 e. The first-order valence-corrected chi connectivity index (χ1v) is 11.4. The van der Waals surface area contributed by atoms with Gasteiger partial charge in [0.15, 0.2) is 0 Å². The van der Waals surface area contributed by atoms with Crippen LogP contribution in [0.25, 0.3) is 0 Å². The van der Waals surface area contributed by atoms with Crippen molar-refractivity contribution in [2.24, 2.45) is 0 Å². The van der Waals surface area contributed by atoms with Crippen LogP contribution >= 0.6 is 0 Å². The van der Waals surface area contributed by atoms with Crippen molar-refractivity contribution >= 4 is 21.6 Å². The number of benzene rings is 2. The molecule has 0 saturated heterocycles. The summed E-state index contributed by atoms with van der Waals surface area (Å²) in [7, 11) is -3.88. The number of carbonyl (C=O) groups excluding carboxylic acids is 1. The van der Waals surface area contributed by atoms with Crippen LogP contribution in [0, 0.1) is 6.92 Å². The third-order valence-corrected chi connectivity index (χ3v) is 7.08. The van der Waals surface area contributed by atoms with Gasteiger partial charge in [-0.3, -0.25) is 4.79 Å². The molecule has 6 nitrogen and oxygen atoms in total. The van der Waals surface area contributed by atoms with E-state index in [1.807, 2.05) is 25.1 Å². The van der Waals surface area contributed by atoms with E-state index in [9.17, 15) is 13.2 Å². The zero-order valence-electron chi connectivity index (χ0n) is 16.8. The lowest BCUT2D eigenvalue weighted by molar-refractivity contribution is -0.116. The summed E-state index contributed by atoms with van der Waals surface area (Å²) in [5, 5.41) is 2.84. The van der Waals surface area contributed by atoms with Gasteiger partial charge >= 0.3 is 0 Å². The highest BCUT2D eigenvalue weighted by molar-refractivity contribution is 7.89. The Morgan fingerprint density at radius 3 is 2.57 bits per heavy atom. The second kappa shape index (κ2) is 8.45. The normalized spacial score (nSPS) is 13.4. The first kappa shape index (κ1) is 20.4. The van der Waals surface area contributed by atoms with Crippen LogP contribution in [0.1, 0.15) is 28.9 Å². The monoisotopic (exact) mass is 424 g/mol. The van der Waals surface area contributed by atoms with Gasteiger partial charge < -0.3 is 9.73 Å². The molecule has 1 aromatic heterocycles. The molecule has 0 atom stereocenters. The number of rotatable bonds is 7. The van der Waals surface area contributed by atoms with E-state index in [2.05, 4.69) is 5.32 Å². The third-order valence-electron chi connectivity index (χ3n) is 5.27. The van der Waals surface area contributed by atoms with Crippen molar-refractivity contribution in [3.8, 4) is 0 Å². The lowest BCUT2D eigenvalue weighted by Crippen LogP contribution is -2.37. The first-order chi connectivity index (χ1) is 14.4. The fourth-order valence-corrected chi connectivity index (χ4v) is 5.03. The number of carbonyl (C=O) groups is 1. The zero-order valence-corrected chi connectivity index (χ0v) is 17.6. The van der Waals surface area contributed by atoms with Gasteiger partial charge in [-0.15, -0.1) is 0 Å². The fraction of sp³-hybridized carbons (Fsp3) is 0.261. The van der Waals surface area contributed by atoms with Crippen LogP contribution < -0.4 is 5.32 Å². The van der Waals surface area contributed by atoms with Crippen LogP contribution in [0.4, 0.5) is 5.69 Å². The molecule has 30 heavy (non-hydrogen) atoms. The SMILES string of the molecule is Cc1ccc(S(=O)(=O)N(CC(=O)Nc2ccc3c(c2)CCC3)Cc2ccco2)cc1. The second-order valence-electron chi connectivity index (χ2n) is 7.55. The lowest BCUT2D eigenvalue weighted by Gasteiger charge is -2.21. The van der Waals surface area contributed by atoms with Crippen molar-refractivity contribution in [3.05, 3.63) is 83.3 Å². The number of anilines is 1. The van der Waals surface area contributed by atoms with E-state index in [0.29, 0.717) is 11.4 Å². The first-order valence-electron chi connectivity index (χ1n) is 9.93. The Balaban J connectivity index is 1.55. The van der Waals surface area contributed by atoms with Crippen molar-refractivity contribution < 1.29 is 17.6 Å². The Labute approximate surface area is 176 Å². The van der Waals surface area contributed by atoms with Crippen LogP contribution in [-0.2, 0) is 34.2 Å². The highest BCUT2D eigenvalue weighted by atomic mass is 32.2. The van der Waals surface area contributed by atoms with Gasteiger partial charge in [0.1, 0.15) is 5.76 Å². The van der Waals surface area contributed by atoms with Crippen LogP contribution in [0.5, 0.6) is 0 Å². The second-order valence-corrected chi connectivity index (χ2v) is 9.49. The topological polar surface area (TPSA) is 79.6 Å². The van der Waals surface area contributed by atoms with Gasteiger partial charge in [0, 0.05) is 5.69 Å². The summed E-state index contributed by atoms with van der Waals surface area (Å²) in [5.41, 5.74) is 4.20. The molecule has 1 N–H and O–H groups in total. The van der Waals surface area contributed by atoms with Gasteiger partial charge in [0.2, 0.25) is 15.9 Å². The molecule has 0 saturated carbocycles. The zero-order chi connectivity index (χ0) is 21.1. The van der Waals surface area contributed by atoms with E-state index in [4.69, 9.17) is 4.42 Å². The third kappa shape index (κ3) is 4.47. The fourth-order valence-electron chi connectivity index (χ4n) is 3.67. The Bertz CT molecular complexity index is 1140. The van der Waals surface area contributed by atoms with E-state index in [1.54, 1.807) is 36.4 Å². The van der Waals surface area contributed by atoms with Gasteiger partial charge in [-0.05, 0) is 73.7 Å². The number of hydrogen-bond acceptors (Lipinski definition) is 4. The van der Waals surface area contributed by atoms with Crippen LogP contribution in [0.3, 0.4) is 0 Å². The van der Waals surface area contributed by atoms with Crippen molar-refractivity contribution in [2.75, 3.05) is 11.9 Å². The summed E-state index contributed by atoms with van der Waals surface area (Å²) in [6, 6.07) is 15.8. The Morgan fingerprint density at radius 2 is 1.83 bits per heavy atom. The average Bonchev–Trinajstić information content (AvgIpc) is 3.39. The van der Waals surface area contributed by atoms with E-state index in [0.717, 1.165) is 29.1 Å². The number of amides is 1. The largest absolute Gasteiger partial charge is 0.468 e. The van der Waals surface area contributed by atoms with Gasteiger partial charge in [-0.25, -0.2) is 8.42 Å². The predicted molar refractivity (Wildman–Crippen MR) is 115 cm³/mol. The smallest absolute Gasteiger partial charge is 0.243 e. The molecule has 3 aromatic rings. The molecule has 4 rings (SSSR count). The molecule has 156 valence electrons. The van der Waals surface area contributed by atoms with Crippen molar-refractivity contribution in [2.45, 2.75) is 37.6 Å². The minimum atomic E-state index is -3.88. The number of aryl methyl sites for hydroxylation is 3. The quantitative estimate of drug-likeness (QED) is 0.624. The van der Waals surface area contributed by atoms with Crippen molar-refractivity contribution in [1.29, 1.82) is 0 Å². The molecule has 0 spiro atoms. The van der Waals surface area contributed by atoms with E-state index < -0.39 is 15.9 Å². The maximum absolute atomic E-state index is 13.2. The molecule has 0 fully saturated rings.